The van der Waals surface area contributed by atoms with Crippen molar-refractivity contribution >= 4 is 22.5 Å². The average molecular weight is 394 g/mol. The molecule has 150 valence electrons. The predicted molar refractivity (Wildman–Crippen MR) is 110 cm³/mol. The lowest BCUT2D eigenvalue weighted by molar-refractivity contribution is -0.384. The summed E-state index contributed by atoms with van der Waals surface area (Å²) in [6, 6.07) is 12.2. The number of amides is 1. The van der Waals surface area contributed by atoms with Gasteiger partial charge in [-0.2, -0.15) is 0 Å². The Bertz CT molecular complexity index is 1100. The highest BCUT2D eigenvalue weighted by Crippen LogP contribution is 2.16. The molecule has 0 fully saturated rings. The minimum absolute atomic E-state index is 0.111. The van der Waals surface area contributed by atoms with Gasteiger partial charge in [-0.1, -0.05) is 38.1 Å². The smallest absolute Gasteiger partial charge is 0.270 e. The van der Waals surface area contributed by atoms with Crippen molar-refractivity contribution in [1.82, 2.24) is 14.9 Å². The maximum atomic E-state index is 12.5. The first-order valence-corrected chi connectivity index (χ1v) is 9.34. The highest BCUT2D eigenvalue weighted by atomic mass is 16.6. The minimum atomic E-state index is -0.573. The molecule has 0 aliphatic carbocycles. The number of hydrogen-bond donors (Lipinski definition) is 1. The van der Waals surface area contributed by atoms with Crippen LogP contribution in [0, 0.1) is 10.1 Å². The molecule has 0 radical (unpaired) electrons. The third-order valence-corrected chi connectivity index (χ3v) is 4.71. The van der Waals surface area contributed by atoms with E-state index < -0.39 is 10.5 Å². The number of nitrogens with one attached hydrogen (secondary N) is 1. The zero-order valence-corrected chi connectivity index (χ0v) is 16.3. The number of aromatic nitrogens is 2. The summed E-state index contributed by atoms with van der Waals surface area (Å²) in [6.45, 7) is 4.52. The Labute approximate surface area is 167 Å². The van der Waals surface area contributed by atoms with Crippen LogP contribution in [0.15, 0.2) is 53.6 Å². The quantitative estimate of drug-likeness (QED) is 0.490. The van der Waals surface area contributed by atoms with Crippen molar-refractivity contribution in [3.05, 3.63) is 80.4 Å². The fraction of sp³-hybridized carbons (Fsp3) is 0.286. The van der Waals surface area contributed by atoms with E-state index in [4.69, 9.17) is 0 Å². The predicted octanol–water partition coefficient (Wildman–Crippen LogP) is 2.79. The molecular weight excluding hydrogens is 372 g/mol. The van der Waals surface area contributed by atoms with Gasteiger partial charge in [0.25, 0.3) is 11.2 Å². The summed E-state index contributed by atoms with van der Waals surface area (Å²) in [5.74, 6) is 0.150. The van der Waals surface area contributed by atoms with Crippen molar-refractivity contribution in [2.75, 3.05) is 6.54 Å². The van der Waals surface area contributed by atoms with E-state index in [1.807, 2.05) is 12.1 Å². The molecule has 0 saturated carbocycles. The van der Waals surface area contributed by atoms with Crippen LogP contribution in [0.4, 0.5) is 5.69 Å². The second-order valence-electron chi connectivity index (χ2n) is 7.13. The molecule has 0 spiro atoms. The van der Waals surface area contributed by atoms with E-state index >= 15 is 0 Å². The lowest BCUT2D eigenvalue weighted by Gasteiger charge is -2.09. The van der Waals surface area contributed by atoms with Crippen LogP contribution in [-0.2, 0) is 17.8 Å². The Morgan fingerprint density at radius 1 is 1.21 bits per heavy atom. The SMILES string of the molecule is CC(C)c1ccc(CCNC(=O)Cn2cnc3ccc([N+](=O)[O-])cc3c2=O)cc1. The Morgan fingerprint density at radius 2 is 1.93 bits per heavy atom. The van der Waals surface area contributed by atoms with E-state index in [0.717, 1.165) is 10.1 Å². The van der Waals surface area contributed by atoms with Crippen molar-refractivity contribution in [2.24, 2.45) is 0 Å². The summed E-state index contributed by atoms with van der Waals surface area (Å²) in [7, 11) is 0. The molecule has 2 aromatic carbocycles. The molecule has 1 N–H and O–H groups in total. The standard InChI is InChI=1S/C21H22N4O4/c1-14(2)16-5-3-15(4-6-16)9-10-22-20(26)12-24-13-23-19-8-7-17(25(28)29)11-18(19)21(24)27/h3-8,11,13-14H,9-10,12H2,1-2H3,(H,22,26). The summed E-state index contributed by atoms with van der Waals surface area (Å²) in [5, 5.41) is 13.8. The van der Waals surface area contributed by atoms with Crippen LogP contribution >= 0.6 is 0 Å². The first kappa shape index (κ1) is 20.2. The van der Waals surface area contributed by atoms with Crippen LogP contribution in [-0.4, -0.2) is 26.9 Å². The summed E-state index contributed by atoms with van der Waals surface area (Å²) < 4.78 is 1.15. The van der Waals surface area contributed by atoms with Gasteiger partial charge >= 0.3 is 0 Å². The van der Waals surface area contributed by atoms with E-state index in [0.29, 0.717) is 24.4 Å². The number of nitro benzene ring substituents is 1. The zero-order valence-electron chi connectivity index (χ0n) is 16.3. The number of benzene rings is 2. The van der Waals surface area contributed by atoms with E-state index in [-0.39, 0.29) is 23.5 Å². The molecule has 0 saturated heterocycles. The summed E-state index contributed by atoms with van der Waals surface area (Å²) >= 11 is 0. The van der Waals surface area contributed by atoms with Gasteiger partial charge in [-0.05, 0) is 29.5 Å². The van der Waals surface area contributed by atoms with Crippen LogP contribution in [0.2, 0.25) is 0 Å². The van der Waals surface area contributed by atoms with Crippen LogP contribution in [0.25, 0.3) is 10.9 Å². The minimum Gasteiger partial charge on any atom is -0.354 e. The van der Waals surface area contributed by atoms with Gasteiger partial charge in [0, 0.05) is 18.7 Å². The van der Waals surface area contributed by atoms with Crippen LogP contribution in [0.3, 0.4) is 0 Å². The summed E-state index contributed by atoms with van der Waals surface area (Å²) in [6.07, 6.45) is 1.96. The fourth-order valence-corrected chi connectivity index (χ4v) is 3.00. The van der Waals surface area contributed by atoms with E-state index in [1.54, 1.807) is 0 Å². The second kappa shape index (κ2) is 8.64. The van der Waals surface area contributed by atoms with Gasteiger partial charge in [0.1, 0.15) is 6.54 Å². The van der Waals surface area contributed by atoms with Gasteiger partial charge in [0.2, 0.25) is 5.91 Å². The zero-order chi connectivity index (χ0) is 21.0. The molecule has 8 heteroatoms. The largest absolute Gasteiger partial charge is 0.354 e. The summed E-state index contributed by atoms with van der Waals surface area (Å²) in [5.41, 5.74) is 2.05. The van der Waals surface area contributed by atoms with Crippen molar-refractivity contribution in [3.63, 3.8) is 0 Å². The van der Waals surface area contributed by atoms with Crippen molar-refractivity contribution in [3.8, 4) is 0 Å². The topological polar surface area (TPSA) is 107 Å². The van der Waals surface area contributed by atoms with Gasteiger partial charge in [-0.3, -0.25) is 24.3 Å². The molecule has 0 bridgehead atoms. The highest BCUT2D eigenvalue weighted by molar-refractivity contribution is 5.80. The van der Waals surface area contributed by atoms with Crippen LogP contribution < -0.4 is 10.9 Å². The van der Waals surface area contributed by atoms with Crippen molar-refractivity contribution in [2.45, 2.75) is 32.7 Å². The van der Waals surface area contributed by atoms with Gasteiger partial charge < -0.3 is 5.32 Å². The number of hydrogen-bond acceptors (Lipinski definition) is 5. The maximum absolute atomic E-state index is 12.5. The number of nitrogens with zero attached hydrogens (tertiary/aromatic N) is 3. The molecule has 0 atom stereocenters. The Kier molecular flexibility index (Phi) is 6.01. The number of non-ortho nitro benzene ring substituents is 1. The molecule has 3 aromatic rings. The fourth-order valence-electron chi connectivity index (χ4n) is 3.00. The Balaban J connectivity index is 1.62. The maximum Gasteiger partial charge on any atom is 0.270 e. The molecule has 3 rings (SSSR count). The molecular formula is C21H22N4O4. The average Bonchev–Trinajstić information content (AvgIpc) is 2.70. The molecule has 1 amide bonds. The normalized spacial score (nSPS) is 11.0. The number of fused-ring (bicyclic) bond motifs is 1. The molecule has 1 heterocycles. The van der Waals surface area contributed by atoms with Gasteiger partial charge in [-0.15, -0.1) is 0 Å². The Morgan fingerprint density at radius 3 is 2.59 bits per heavy atom. The number of carbonyl (C=O) groups is 1. The van der Waals surface area contributed by atoms with Gasteiger partial charge in [0.15, 0.2) is 0 Å². The van der Waals surface area contributed by atoms with Crippen molar-refractivity contribution in [1.29, 1.82) is 0 Å². The molecule has 29 heavy (non-hydrogen) atoms. The second-order valence-corrected chi connectivity index (χ2v) is 7.13. The number of nitro groups is 1. The van der Waals surface area contributed by atoms with Gasteiger partial charge in [0.05, 0.1) is 22.2 Å². The lowest BCUT2D eigenvalue weighted by atomic mass is 10.0. The number of carbonyl (C=O) groups excluding carboxylic acids is 1. The third kappa shape index (κ3) is 4.84. The summed E-state index contributed by atoms with van der Waals surface area (Å²) in [4.78, 5) is 39.2. The molecule has 8 nitrogen and oxygen atoms in total. The first-order valence-electron chi connectivity index (χ1n) is 9.34. The molecule has 0 aliphatic rings. The molecule has 0 unspecified atom stereocenters. The molecule has 0 aliphatic heterocycles. The van der Waals surface area contributed by atoms with E-state index in [1.165, 1.54) is 30.1 Å². The van der Waals surface area contributed by atoms with Gasteiger partial charge in [-0.25, -0.2) is 4.98 Å². The van der Waals surface area contributed by atoms with Crippen LogP contribution in [0.5, 0.6) is 0 Å². The highest BCUT2D eigenvalue weighted by Gasteiger charge is 2.12. The van der Waals surface area contributed by atoms with Crippen LogP contribution in [0.1, 0.15) is 30.9 Å². The third-order valence-electron chi connectivity index (χ3n) is 4.71. The first-order chi connectivity index (χ1) is 13.8. The Hall–Kier alpha value is -3.55. The van der Waals surface area contributed by atoms with E-state index in [2.05, 4.69) is 36.3 Å². The monoisotopic (exact) mass is 394 g/mol. The van der Waals surface area contributed by atoms with E-state index in [9.17, 15) is 19.7 Å². The lowest BCUT2D eigenvalue weighted by Crippen LogP contribution is -2.33. The van der Waals surface area contributed by atoms with Crippen molar-refractivity contribution < 1.29 is 9.72 Å². The number of rotatable bonds is 7. The molecule has 1 aromatic heterocycles.